The third kappa shape index (κ3) is 3.42. The van der Waals surface area contributed by atoms with E-state index in [1.54, 1.807) is 0 Å². The molecule has 0 spiro atoms. The highest BCUT2D eigenvalue weighted by atomic mass is 16.5. The second-order valence-corrected chi connectivity index (χ2v) is 8.54. The smallest absolute Gasteiger partial charge is 0.407 e. The van der Waals surface area contributed by atoms with E-state index in [0.29, 0.717) is 24.6 Å². The number of piperidine rings is 2. The summed E-state index contributed by atoms with van der Waals surface area (Å²) in [7, 11) is 0. The first-order valence-electron chi connectivity index (χ1n) is 10.6. The summed E-state index contributed by atoms with van der Waals surface area (Å²) in [6, 6.07) is 18.1. The molecule has 2 heterocycles. The number of carbonyl (C=O) groups excluding carboxylic acids is 1. The zero-order valence-corrected chi connectivity index (χ0v) is 16.2. The van der Waals surface area contributed by atoms with Crippen molar-refractivity contribution in [2.24, 2.45) is 5.92 Å². The quantitative estimate of drug-likeness (QED) is 0.829. The van der Waals surface area contributed by atoms with E-state index in [2.05, 4.69) is 59.2 Å². The van der Waals surface area contributed by atoms with Gasteiger partial charge in [0.15, 0.2) is 0 Å². The number of nitrogens with one attached hydrogen (secondary N) is 2. The lowest BCUT2D eigenvalue weighted by atomic mass is 9.80. The molecule has 0 radical (unpaired) electrons. The fourth-order valence-corrected chi connectivity index (χ4v) is 5.43. The monoisotopic (exact) mass is 376 g/mol. The summed E-state index contributed by atoms with van der Waals surface area (Å²) in [5.41, 5.74) is 5.02. The van der Waals surface area contributed by atoms with Crippen LogP contribution < -0.4 is 10.6 Å². The van der Waals surface area contributed by atoms with Crippen molar-refractivity contribution in [3.8, 4) is 11.1 Å². The number of ether oxygens (including phenoxy) is 1. The molecule has 4 heteroatoms. The van der Waals surface area contributed by atoms with Gasteiger partial charge in [0, 0.05) is 24.5 Å². The highest BCUT2D eigenvalue weighted by Gasteiger charge is 2.32. The van der Waals surface area contributed by atoms with E-state index in [1.807, 2.05) is 0 Å². The Kier molecular flexibility index (Phi) is 4.81. The third-order valence-corrected chi connectivity index (χ3v) is 6.69. The van der Waals surface area contributed by atoms with Gasteiger partial charge in [-0.05, 0) is 53.9 Å². The Morgan fingerprint density at radius 2 is 1.57 bits per heavy atom. The summed E-state index contributed by atoms with van der Waals surface area (Å²) in [5, 5.41) is 6.73. The normalized spacial score (nSPS) is 25.6. The van der Waals surface area contributed by atoms with Crippen LogP contribution in [0.15, 0.2) is 48.5 Å². The number of fused-ring (bicyclic) bond motifs is 5. The van der Waals surface area contributed by atoms with Gasteiger partial charge in [0.05, 0.1) is 0 Å². The number of alkyl carbamates (subject to hydrolysis) is 1. The molecular weight excluding hydrogens is 348 g/mol. The minimum absolute atomic E-state index is 0.122. The first-order valence-corrected chi connectivity index (χ1v) is 10.6. The lowest BCUT2D eigenvalue weighted by Crippen LogP contribution is -2.50. The first-order chi connectivity index (χ1) is 13.8. The maximum Gasteiger partial charge on any atom is 0.407 e. The Hall–Kier alpha value is -2.33. The van der Waals surface area contributed by atoms with Gasteiger partial charge in [0.2, 0.25) is 0 Å². The molecule has 2 aromatic rings. The van der Waals surface area contributed by atoms with Crippen LogP contribution in [-0.4, -0.2) is 31.3 Å². The molecule has 3 aliphatic rings. The van der Waals surface area contributed by atoms with Crippen molar-refractivity contribution in [2.45, 2.75) is 50.1 Å². The van der Waals surface area contributed by atoms with Crippen LogP contribution in [0.3, 0.4) is 0 Å². The Labute approximate surface area is 166 Å². The van der Waals surface area contributed by atoms with E-state index in [4.69, 9.17) is 4.74 Å². The molecule has 2 fully saturated rings. The Morgan fingerprint density at radius 3 is 2.21 bits per heavy atom. The summed E-state index contributed by atoms with van der Waals surface area (Å²) < 4.78 is 5.66. The van der Waals surface area contributed by atoms with Crippen molar-refractivity contribution in [2.75, 3.05) is 13.2 Å². The largest absolute Gasteiger partial charge is 0.449 e. The van der Waals surface area contributed by atoms with E-state index in [-0.39, 0.29) is 12.0 Å². The molecule has 2 bridgehead atoms. The maximum atomic E-state index is 12.4. The van der Waals surface area contributed by atoms with E-state index < -0.39 is 0 Å². The van der Waals surface area contributed by atoms with Crippen LogP contribution in [0, 0.1) is 5.92 Å². The predicted molar refractivity (Wildman–Crippen MR) is 110 cm³/mol. The van der Waals surface area contributed by atoms with Crippen LogP contribution in [0.1, 0.15) is 49.1 Å². The first kappa shape index (κ1) is 17.7. The molecule has 2 unspecified atom stereocenters. The van der Waals surface area contributed by atoms with Crippen LogP contribution in [-0.2, 0) is 4.74 Å². The average molecular weight is 377 g/mol. The van der Waals surface area contributed by atoms with Gasteiger partial charge in [-0.15, -0.1) is 0 Å². The van der Waals surface area contributed by atoms with Gasteiger partial charge < -0.3 is 15.4 Å². The van der Waals surface area contributed by atoms with Gasteiger partial charge in [-0.2, -0.15) is 0 Å². The van der Waals surface area contributed by atoms with Gasteiger partial charge in [-0.3, -0.25) is 0 Å². The summed E-state index contributed by atoms with van der Waals surface area (Å²) in [4.78, 5) is 12.4. The Balaban J connectivity index is 1.18. The maximum absolute atomic E-state index is 12.4. The molecule has 5 rings (SSSR count). The molecule has 2 aliphatic heterocycles. The van der Waals surface area contributed by atoms with Crippen LogP contribution >= 0.6 is 0 Å². The molecule has 146 valence electrons. The standard InChI is InChI=1S/C24H28N2O2/c27-24(25-14-16-12-17-6-5-7-18(13-16)26-17)28-15-23-21-10-3-1-8-19(21)20-9-2-4-11-22(20)23/h1-4,8-11,16-18,23,26H,5-7,12-15H2,(H,25,27). The van der Waals surface area contributed by atoms with Crippen LogP contribution in [0.2, 0.25) is 0 Å². The lowest BCUT2D eigenvalue weighted by Gasteiger charge is -2.40. The fourth-order valence-electron chi connectivity index (χ4n) is 5.43. The van der Waals surface area contributed by atoms with E-state index >= 15 is 0 Å². The summed E-state index contributed by atoms with van der Waals surface area (Å²) in [6.45, 7) is 1.11. The summed E-state index contributed by atoms with van der Waals surface area (Å²) in [6.07, 6.45) is 5.94. The average Bonchev–Trinajstić information content (AvgIpc) is 3.04. The van der Waals surface area contributed by atoms with Gasteiger partial charge in [0.1, 0.15) is 6.61 Å². The van der Waals surface area contributed by atoms with E-state index in [1.165, 1.54) is 54.4 Å². The molecule has 0 aromatic heterocycles. The molecule has 1 amide bonds. The van der Waals surface area contributed by atoms with Gasteiger partial charge in [-0.25, -0.2) is 4.79 Å². The number of hydrogen-bond donors (Lipinski definition) is 2. The Morgan fingerprint density at radius 1 is 0.964 bits per heavy atom. The van der Waals surface area contributed by atoms with Gasteiger partial charge >= 0.3 is 6.09 Å². The van der Waals surface area contributed by atoms with Crippen LogP contribution in [0.25, 0.3) is 11.1 Å². The third-order valence-electron chi connectivity index (χ3n) is 6.69. The lowest BCUT2D eigenvalue weighted by molar-refractivity contribution is 0.135. The van der Waals surface area contributed by atoms with Crippen LogP contribution in [0.4, 0.5) is 4.79 Å². The molecule has 1 aliphatic carbocycles. The molecule has 2 N–H and O–H groups in total. The minimum atomic E-state index is -0.287. The molecular formula is C24H28N2O2. The second kappa shape index (κ2) is 7.59. The predicted octanol–water partition coefficient (Wildman–Crippen LogP) is 4.45. The molecule has 4 nitrogen and oxygen atoms in total. The zero-order chi connectivity index (χ0) is 18.9. The molecule has 0 saturated carbocycles. The SMILES string of the molecule is O=C(NCC1CC2CCCC(C1)N2)OCC1c2ccccc2-c2ccccc21. The van der Waals surface area contributed by atoms with Gasteiger partial charge in [-0.1, -0.05) is 55.0 Å². The fraction of sp³-hybridized carbons (Fsp3) is 0.458. The zero-order valence-electron chi connectivity index (χ0n) is 16.2. The minimum Gasteiger partial charge on any atom is -0.449 e. The highest BCUT2D eigenvalue weighted by molar-refractivity contribution is 5.79. The number of hydrogen-bond acceptors (Lipinski definition) is 3. The molecule has 2 aromatic carbocycles. The number of benzene rings is 2. The highest BCUT2D eigenvalue weighted by Crippen LogP contribution is 2.44. The van der Waals surface area contributed by atoms with E-state index in [9.17, 15) is 4.79 Å². The summed E-state index contributed by atoms with van der Waals surface area (Å²) >= 11 is 0. The molecule has 2 saturated heterocycles. The number of rotatable bonds is 4. The number of amides is 1. The topological polar surface area (TPSA) is 50.4 Å². The van der Waals surface area contributed by atoms with Crippen molar-refractivity contribution in [3.05, 3.63) is 59.7 Å². The molecule has 2 atom stereocenters. The van der Waals surface area contributed by atoms with E-state index in [0.717, 1.165) is 6.54 Å². The van der Waals surface area contributed by atoms with Crippen molar-refractivity contribution in [1.82, 2.24) is 10.6 Å². The van der Waals surface area contributed by atoms with Crippen LogP contribution in [0.5, 0.6) is 0 Å². The number of carbonyl (C=O) groups is 1. The van der Waals surface area contributed by atoms with Gasteiger partial charge in [0.25, 0.3) is 0 Å². The second-order valence-electron chi connectivity index (χ2n) is 8.54. The van der Waals surface area contributed by atoms with Crippen molar-refractivity contribution >= 4 is 6.09 Å². The summed E-state index contributed by atoms with van der Waals surface area (Å²) in [5.74, 6) is 0.688. The van der Waals surface area contributed by atoms with Crippen molar-refractivity contribution < 1.29 is 9.53 Å². The van der Waals surface area contributed by atoms with Crippen molar-refractivity contribution in [1.29, 1.82) is 0 Å². The Bertz CT molecular complexity index is 808. The molecule has 28 heavy (non-hydrogen) atoms. The van der Waals surface area contributed by atoms with Crippen molar-refractivity contribution in [3.63, 3.8) is 0 Å².